The molecule has 192 valence electrons. The summed E-state index contributed by atoms with van der Waals surface area (Å²) in [4.78, 5) is 13.5. The van der Waals surface area contributed by atoms with E-state index in [1.54, 1.807) is 38.1 Å². The highest BCUT2D eigenvalue weighted by atomic mass is 35.5. The van der Waals surface area contributed by atoms with E-state index in [1.807, 2.05) is 39.8 Å². The van der Waals surface area contributed by atoms with Gasteiger partial charge in [-0.2, -0.15) is 4.31 Å². The molecule has 0 radical (unpaired) electrons. The lowest BCUT2D eigenvalue weighted by molar-refractivity contribution is -0.122. The van der Waals surface area contributed by atoms with Crippen LogP contribution in [0.4, 0.5) is 0 Å². The van der Waals surface area contributed by atoms with E-state index in [0.29, 0.717) is 16.1 Å². The lowest BCUT2D eigenvalue weighted by Crippen LogP contribution is -2.41. The predicted molar refractivity (Wildman–Crippen MR) is 147 cm³/mol. The number of sulfonamides is 1. The van der Waals surface area contributed by atoms with E-state index in [0.717, 1.165) is 27.8 Å². The molecule has 0 aliphatic carbocycles. The van der Waals surface area contributed by atoms with Gasteiger partial charge >= 0.3 is 0 Å². The molecule has 3 aromatic rings. The molecule has 0 fully saturated rings. The quantitative estimate of drug-likeness (QED) is 0.377. The summed E-state index contributed by atoms with van der Waals surface area (Å²) in [5.74, 6) is -0.361. The van der Waals surface area contributed by atoms with Crippen LogP contribution in [0, 0.1) is 41.5 Å². The summed E-state index contributed by atoms with van der Waals surface area (Å²) in [5.41, 5.74) is 7.50. The van der Waals surface area contributed by atoms with E-state index in [-0.39, 0.29) is 29.9 Å². The van der Waals surface area contributed by atoms with Gasteiger partial charge in [0.15, 0.2) is 0 Å². The van der Waals surface area contributed by atoms with Crippen LogP contribution in [0.3, 0.4) is 0 Å². The van der Waals surface area contributed by atoms with Gasteiger partial charge in [-0.25, -0.2) is 8.42 Å². The van der Waals surface area contributed by atoms with Gasteiger partial charge in [-0.1, -0.05) is 53.6 Å². The van der Waals surface area contributed by atoms with E-state index in [4.69, 9.17) is 11.6 Å². The van der Waals surface area contributed by atoms with Crippen molar-refractivity contribution in [2.24, 2.45) is 0 Å². The van der Waals surface area contributed by atoms with Gasteiger partial charge in [-0.15, -0.1) is 0 Å². The van der Waals surface area contributed by atoms with E-state index in [2.05, 4.69) is 24.4 Å². The molecule has 0 aliphatic heterocycles. The Balaban J connectivity index is 1.93. The summed E-state index contributed by atoms with van der Waals surface area (Å²) in [6.45, 7) is 13.3. The molecule has 3 rings (SSSR count). The molecule has 0 unspecified atom stereocenters. The number of carbonyl (C=O) groups is 1. The fourth-order valence-corrected chi connectivity index (χ4v) is 6.62. The summed E-state index contributed by atoms with van der Waals surface area (Å²) in [6, 6.07) is 14.6. The van der Waals surface area contributed by atoms with E-state index in [1.165, 1.54) is 9.87 Å². The maximum atomic E-state index is 13.9. The van der Waals surface area contributed by atoms with Crippen molar-refractivity contribution in [1.82, 2.24) is 9.62 Å². The first-order valence-electron chi connectivity index (χ1n) is 12.0. The van der Waals surface area contributed by atoms with Crippen molar-refractivity contribution in [3.8, 4) is 0 Å². The standard InChI is InChI=1S/C29H35ClN2O3S/c1-18-12-22(5)29(23(6)13-18)36(34,35)32(16-25-8-10-26(30)11-9-25)17-28(33)31-24(7)27-15-20(3)19(2)14-21(27)4/h8-15,24H,16-17H2,1-7H3,(H,31,33)/t24-/m1/s1. The molecule has 0 saturated heterocycles. The first kappa shape index (κ1) is 27.9. The maximum Gasteiger partial charge on any atom is 0.244 e. The molecule has 3 aromatic carbocycles. The molecule has 1 atom stereocenters. The monoisotopic (exact) mass is 526 g/mol. The second kappa shape index (κ2) is 11.2. The molecular weight excluding hydrogens is 492 g/mol. The molecule has 0 heterocycles. The van der Waals surface area contributed by atoms with Gasteiger partial charge in [0.05, 0.1) is 17.5 Å². The number of nitrogens with zero attached hydrogens (tertiary/aromatic N) is 1. The highest BCUT2D eigenvalue weighted by molar-refractivity contribution is 7.89. The molecule has 0 bridgehead atoms. The van der Waals surface area contributed by atoms with Gasteiger partial charge in [0.1, 0.15) is 0 Å². The highest BCUT2D eigenvalue weighted by Gasteiger charge is 2.30. The fourth-order valence-electron chi connectivity index (χ4n) is 4.70. The Kier molecular flexibility index (Phi) is 8.65. The molecule has 0 spiro atoms. The molecule has 1 amide bonds. The van der Waals surface area contributed by atoms with Crippen molar-refractivity contribution in [2.75, 3.05) is 6.54 Å². The Morgan fingerprint density at radius 3 is 2.00 bits per heavy atom. The van der Waals surface area contributed by atoms with Crippen LogP contribution in [0.1, 0.15) is 57.5 Å². The zero-order valence-electron chi connectivity index (χ0n) is 22.1. The predicted octanol–water partition coefficient (Wildman–Crippen LogP) is 6.26. The van der Waals surface area contributed by atoms with E-state index < -0.39 is 10.0 Å². The Morgan fingerprint density at radius 2 is 1.42 bits per heavy atom. The van der Waals surface area contributed by atoms with Gasteiger partial charge in [-0.3, -0.25) is 4.79 Å². The molecule has 7 heteroatoms. The van der Waals surface area contributed by atoms with Crippen LogP contribution in [0.5, 0.6) is 0 Å². The molecule has 36 heavy (non-hydrogen) atoms. The van der Waals surface area contributed by atoms with Crippen molar-refractivity contribution in [3.63, 3.8) is 0 Å². The third kappa shape index (κ3) is 6.36. The largest absolute Gasteiger partial charge is 0.348 e. The van der Waals surface area contributed by atoms with Crippen LogP contribution in [0.2, 0.25) is 5.02 Å². The van der Waals surface area contributed by atoms with Crippen LogP contribution in [0.15, 0.2) is 53.4 Å². The third-order valence-electron chi connectivity index (χ3n) is 6.52. The van der Waals surface area contributed by atoms with Crippen LogP contribution < -0.4 is 5.32 Å². The zero-order chi connectivity index (χ0) is 26.8. The number of rotatable bonds is 8. The first-order valence-corrected chi connectivity index (χ1v) is 13.8. The number of benzene rings is 3. The average molecular weight is 527 g/mol. The van der Waals surface area contributed by atoms with Gasteiger partial charge in [0.2, 0.25) is 15.9 Å². The fraction of sp³-hybridized carbons (Fsp3) is 0.345. The van der Waals surface area contributed by atoms with Crippen molar-refractivity contribution in [2.45, 2.75) is 65.9 Å². The molecule has 5 nitrogen and oxygen atoms in total. The van der Waals surface area contributed by atoms with Crippen molar-refractivity contribution >= 4 is 27.5 Å². The zero-order valence-corrected chi connectivity index (χ0v) is 23.6. The maximum absolute atomic E-state index is 13.9. The summed E-state index contributed by atoms with van der Waals surface area (Å²) in [7, 11) is -3.96. The Morgan fingerprint density at radius 1 is 0.861 bits per heavy atom. The average Bonchev–Trinajstić information content (AvgIpc) is 2.76. The summed E-state index contributed by atoms with van der Waals surface area (Å²) in [5, 5.41) is 3.57. The number of amides is 1. The number of hydrogen-bond donors (Lipinski definition) is 1. The lowest BCUT2D eigenvalue weighted by Gasteiger charge is -2.25. The molecule has 0 aliphatic rings. The number of halogens is 1. The van der Waals surface area contributed by atoms with Gasteiger partial charge in [0, 0.05) is 11.6 Å². The van der Waals surface area contributed by atoms with Crippen molar-refractivity contribution in [1.29, 1.82) is 0 Å². The molecular formula is C29H35ClN2O3S. The van der Waals surface area contributed by atoms with Crippen molar-refractivity contribution < 1.29 is 13.2 Å². The number of aryl methyl sites for hydroxylation is 6. The van der Waals surface area contributed by atoms with Crippen LogP contribution in [-0.2, 0) is 21.4 Å². The van der Waals surface area contributed by atoms with Gasteiger partial charge in [-0.05, 0) is 99.5 Å². The Bertz CT molecular complexity index is 1360. The summed E-state index contributed by atoms with van der Waals surface area (Å²) in [6.07, 6.45) is 0. The van der Waals surface area contributed by atoms with E-state index >= 15 is 0 Å². The third-order valence-corrected chi connectivity index (χ3v) is 8.87. The van der Waals surface area contributed by atoms with Gasteiger partial charge < -0.3 is 5.32 Å². The van der Waals surface area contributed by atoms with Crippen LogP contribution in [0.25, 0.3) is 0 Å². The minimum atomic E-state index is -3.96. The van der Waals surface area contributed by atoms with E-state index in [9.17, 15) is 13.2 Å². The van der Waals surface area contributed by atoms with Crippen molar-refractivity contribution in [3.05, 3.63) is 98.1 Å². The lowest BCUT2D eigenvalue weighted by atomic mass is 9.96. The summed E-state index contributed by atoms with van der Waals surface area (Å²) < 4.78 is 29.1. The molecule has 1 N–H and O–H groups in total. The number of nitrogens with one attached hydrogen (secondary N) is 1. The van der Waals surface area contributed by atoms with Crippen LogP contribution >= 0.6 is 11.6 Å². The van der Waals surface area contributed by atoms with Gasteiger partial charge in [0.25, 0.3) is 0 Å². The molecule has 0 aromatic heterocycles. The number of carbonyl (C=O) groups excluding carboxylic acids is 1. The minimum absolute atomic E-state index is 0.0523. The second-order valence-corrected chi connectivity index (χ2v) is 12.0. The van der Waals surface area contributed by atoms with Crippen LogP contribution in [-0.4, -0.2) is 25.2 Å². The first-order chi connectivity index (χ1) is 16.8. The minimum Gasteiger partial charge on any atom is -0.348 e. The molecule has 0 saturated carbocycles. The highest BCUT2D eigenvalue weighted by Crippen LogP contribution is 2.27. The Labute approximate surface area is 220 Å². The normalized spacial score (nSPS) is 12.6. The summed E-state index contributed by atoms with van der Waals surface area (Å²) >= 11 is 6.03. The Hall–Kier alpha value is -2.67. The second-order valence-electron chi connectivity index (χ2n) is 9.71. The number of hydrogen-bond acceptors (Lipinski definition) is 3. The topological polar surface area (TPSA) is 66.5 Å². The SMILES string of the molecule is Cc1cc(C)c(S(=O)(=O)N(CC(=O)N[C@H](C)c2cc(C)c(C)cc2C)Cc2ccc(Cl)cc2)c(C)c1. The smallest absolute Gasteiger partial charge is 0.244 e.